The fourth-order valence-electron chi connectivity index (χ4n) is 1.44. The number of nitrogens with two attached hydrogens (primary N) is 1. The average Bonchev–Trinajstić information content (AvgIpc) is 2.17. The number of hydrogen-bond donors (Lipinski definition) is 3. The predicted molar refractivity (Wildman–Crippen MR) is 65.3 cm³/mol. The van der Waals surface area contributed by atoms with Crippen molar-refractivity contribution >= 4 is 17.4 Å². The first-order valence-electron chi connectivity index (χ1n) is 5.36. The number of nitrogens with one attached hydrogen (secondary N) is 2. The van der Waals surface area contributed by atoms with Gasteiger partial charge in [-0.25, -0.2) is 4.98 Å². The molecule has 4 N–H and O–H groups in total. The molecule has 16 heavy (non-hydrogen) atoms. The zero-order valence-electron chi connectivity index (χ0n) is 9.66. The van der Waals surface area contributed by atoms with Crippen molar-refractivity contribution in [2.45, 2.75) is 26.3 Å². The van der Waals surface area contributed by atoms with Crippen LogP contribution < -0.4 is 16.4 Å². The van der Waals surface area contributed by atoms with Crippen LogP contribution in [0.3, 0.4) is 0 Å². The second-order valence-corrected chi connectivity index (χ2v) is 3.68. The van der Waals surface area contributed by atoms with Crippen molar-refractivity contribution < 1.29 is 4.79 Å². The van der Waals surface area contributed by atoms with Gasteiger partial charge in [0.25, 0.3) is 0 Å². The van der Waals surface area contributed by atoms with Gasteiger partial charge in [0.2, 0.25) is 5.91 Å². The molecule has 5 nitrogen and oxygen atoms in total. The van der Waals surface area contributed by atoms with Gasteiger partial charge in [-0.2, -0.15) is 0 Å². The molecule has 1 amide bonds. The minimum absolute atomic E-state index is 0.0226. The Bertz CT molecular complexity index is 354. The van der Waals surface area contributed by atoms with E-state index in [4.69, 9.17) is 5.73 Å². The van der Waals surface area contributed by atoms with E-state index in [-0.39, 0.29) is 11.9 Å². The van der Waals surface area contributed by atoms with E-state index in [1.165, 1.54) is 0 Å². The van der Waals surface area contributed by atoms with Crippen molar-refractivity contribution in [3.8, 4) is 0 Å². The van der Waals surface area contributed by atoms with Gasteiger partial charge >= 0.3 is 0 Å². The predicted octanol–water partition coefficient (Wildman–Crippen LogP) is 1.19. The van der Waals surface area contributed by atoms with Crippen LogP contribution in [0.1, 0.15) is 20.3 Å². The standard InChI is InChI=1S/C11H18N4O/c1-3-13-11-7-9(4-5-14-11)15-8(2)6-10(12)16/h4-5,7-8H,3,6H2,1-2H3,(H2,12,16)(H2,13,14,15). The lowest BCUT2D eigenvalue weighted by Crippen LogP contribution is -2.24. The number of carbonyl (C=O) groups is 1. The highest BCUT2D eigenvalue weighted by atomic mass is 16.1. The second-order valence-electron chi connectivity index (χ2n) is 3.68. The van der Waals surface area contributed by atoms with Crippen LogP contribution in [0.2, 0.25) is 0 Å². The topological polar surface area (TPSA) is 80.0 Å². The largest absolute Gasteiger partial charge is 0.382 e. The fraction of sp³-hybridized carbons (Fsp3) is 0.455. The van der Waals surface area contributed by atoms with Crippen LogP contribution >= 0.6 is 0 Å². The quantitative estimate of drug-likeness (QED) is 0.675. The van der Waals surface area contributed by atoms with E-state index in [9.17, 15) is 4.79 Å². The van der Waals surface area contributed by atoms with E-state index in [1.54, 1.807) is 6.20 Å². The van der Waals surface area contributed by atoms with Gasteiger partial charge in [0.15, 0.2) is 0 Å². The summed E-state index contributed by atoms with van der Waals surface area (Å²) in [5.41, 5.74) is 6.05. The molecule has 1 aromatic heterocycles. The smallest absolute Gasteiger partial charge is 0.219 e. The highest BCUT2D eigenvalue weighted by Crippen LogP contribution is 2.13. The van der Waals surface area contributed by atoms with Crippen molar-refractivity contribution in [3.63, 3.8) is 0 Å². The molecule has 0 radical (unpaired) electrons. The summed E-state index contributed by atoms with van der Waals surface area (Å²) in [7, 11) is 0. The number of aromatic nitrogens is 1. The Kier molecular flexibility index (Phi) is 4.57. The van der Waals surface area contributed by atoms with Gasteiger partial charge in [-0.3, -0.25) is 4.79 Å². The second kappa shape index (κ2) is 5.95. The molecule has 1 rings (SSSR count). The van der Waals surface area contributed by atoms with E-state index in [1.807, 2.05) is 26.0 Å². The summed E-state index contributed by atoms with van der Waals surface area (Å²) in [6.45, 7) is 4.75. The third-order valence-electron chi connectivity index (χ3n) is 2.04. The van der Waals surface area contributed by atoms with Crippen LogP contribution in [0.4, 0.5) is 11.5 Å². The molecular weight excluding hydrogens is 204 g/mol. The molecule has 0 spiro atoms. The Morgan fingerprint density at radius 3 is 3.00 bits per heavy atom. The number of anilines is 2. The Balaban J connectivity index is 2.59. The van der Waals surface area contributed by atoms with Crippen LogP contribution in [-0.4, -0.2) is 23.5 Å². The summed E-state index contributed by atoms with van der Waals surface area (Å²) in [4.78, 5) is 14.9. The summed E-state index contributed by atoms with van der Waals surface area (Å²) in [6.07, 6.45) is 2.04. The maximum Gasteiger partial charge on any atom is 0.219 e. The molecule has 1 atom stereocenters. The molecule has 0 aromatic carbocycles. The Morgan fingerprint density at radius 2 is 2.38 bits per heavy atom. The first kappa shape index (κ1) is 12.3. The van der Waals surface area contributed by atoms with Crippen LogP contribution in [0.25, 0.3) is 0 Å². The molecule has 0 saturated heterocycles. The summed E-state index contributed by atoms with van der Waals surface area (Å²) in [5.74, 6) is 0.514. The fourth-order valence-corrected chi connectivity index (χ4v) is 1.44. The van der Waals surface area contributed by atoms with E-state index < -0.39 is 0 Å². The summed E-state index contributed by atoms with van der Waals surface area (Å²) >= 11 is 0. The SMILES string of the molecule is CCNc1cc(NC(C)CC(N)=O)ccn1. The lowest BCUT2D eigenvalue weighted by molar-refractivity contribution is -0.118. The van der Waals surface area contributed by atoms with Gasteiger partial charge in [0.1, 0.15) is 5.82 Å². The number of rotatable bonds is 6. The summed E-state index contributed by atoms with van der Waals surface area (Å²) in [6, 6.07) is 3.79. The molecule has 1 unspecified atom stereocenters. The Hall–Kier alpha value is -1.78. The van der Waals surface area contributed by atoms with E-state index in [0.717, 1.165) is 18.1 Å². The van der Waals surface area contributed by atoms with Gasteiger partial charge in [-0.1, -0.05) is 0 Å². The molecule has 0 aliphatic heterocycles. The van der Waals surface area contributed by atoms with Crippen LogP contribution in [0.5, 0.6) is 0 Å². The number of hydrogen-bond acceptors (Lipinski definition) is 4. The molecule has 5 heteroatoms. The van der Waals surface area contributed by atoms with E-state index in [2.05, 4.69) is 15.6 Å². The monoisotopic (exact) mass is 222 g/mol. The highest BCUT2D eigenvalue weighted by Gasteiger charge is 2.05. The van der Waals surface area contributed by atoms with E-state index >= 15 is 0 Å². The summed E-state index contributed by atoms with van der Waals surface area (Å²) in [5, 5.41) is 6.31. The number of pyridine rings is 1. The molecule has 88 valence electrons. The first-order chi connectivity index (χ1) is 7.61. The maximum absolute atomic E-state index is 10.7. The number of primary amides is 1. The van der Waals surface area contributed by atoms with Gasteiger partial charge in [0, 0.05) is 37.0 Å². The number of nitrogens with zero attached hydrogens (tertiary/aromatic N) is 1. The molecule has 0 saturated carbocycles. The normalized spacial score (nSPS) is 11.9. The highest BCUT2D eigenvalue weighted by molar-refractivity contribution is 5.74. The van der Waals surface area contributed by atoms with Gasteiger partial charge < -0.3 is 16.4 Å². The Morgan fingerprint density at radius 1 is 1.62 bits per heavy atom. The molecule has 0 fully saturated rings. The minimum Gasteiger partial charge on any atom is -0.382 e. The van der Waals surface area contributed by atoms with Crippen LogP contribution in [-0.2, 0) is 4.79 Å². The molecule has 1 aromatic rings. The molecule has 1 heterocycles. The summed E-state index contributed by atoms with van der Waals surface area (Å²) < 4.78 is 0. The van der Waals surface area contributed by atoms with Crippen molar-refractivity contribution in [2.75, 3.05) is 17.2 Å². The first-order valence-corrected chi connectivity index (χ1v) is 5.36. The lowest BCUT2D eigenvalue weighted by atomic mass is 10.2. The molecular formula is C11H18N4O. The van der Waals surface area contributed by atoms with E-state index in [0.29, 0.717) is 6.42 Å². The zero-order chi connectivity index (χ0) is 12.0. The molecule has 0 aliphatic carbocycles. The van der Waals surface area contributed by atoms with Crippen molar-refractivity contribution in [2.24, 2.45) is 5.73 Å². The van der Waals surface area contributed by atoms with Crippen LogP contribution in [0.15, 0.2) is 18.3 Å². The van der Waals surface area contributed by atoms with Crippen LogP contribution in [0, 0.1) is 0 Å². The minimum atomic E-state index is -0.305. The third-order valence-corrected chi connectivity index (χ3v) is 2.04. The number of carbonyl (C=O) groups excluding carboxylic acids is 1. The maximum atomic E-state index is 10.7. The van der Waals surface area contributed by atoms with Crippen molar-refractivity contribution in [3.05, 3.63) is 18.3 Å². The van der Waals surface area contributed by atoms with Crippen molar-refractivity contribution in [1.29, 1.82) is 0 Å². The average molecular weight is 222 g/mol. The molecule has 0 aliphatic rings. The number of amides is 1. The lowest BCUT2D eigenvalue weighted by Gasteiger charge is -2.14. The van der Waals surface area contributed by atoms with Gasteiger partial charge in [-0.15, -0.1) is 0 Å². The van der Waals surface area contributed by atoms with Crippen molar-refractivity contribution in [1.82, 2.24) is 4.98 Å². The third kappa shape index (κ3) is 4.16. The molecule has 0 bridgehead atoms. The van der Waals surface area contributed by atoms with Gasteiger partial charge in [0.05, 0.1) is 0 Å². The Labute approximate surface area is 95.4 Å². The van der Waals surface area contributed by atoms with Gasteiger partial charge in [-0.05, 0) is 19.9 Å². The zero-order valence-corrected chi connectivity index (χ0v) is 9.66.